The zero-order valence-corrected chi connectivity index (χ0v) is 10.8. The molecular formula is C13H18N4O2. The van der Waals surface area contributed by atoms with E-state index >= 15 is 0 Å². The number of hydrogen-bond donors (Lipinski definition) is 3. The fourth-order valence-corrected chi connectivity index (χ4v) is 1.88. The third kappa shape index (κ3) is 3.10. The first-order valence-electron chi connectivity index (χ1n) is 6.16. The molecule has 0 bridgehead atoms. The third-order valence-electron chi connectivity index (χ3n) is 3.04. The summed E-state index contributed by atoms with van der Waals surface area (Å²) >= 11 is 0. The molecule has 0 aliphatic heterocycles. The van der Waals surface area contributed by atoms with Crippen molar-refractivity contribution in [1.82, 2.24) is 14.9 Å². The van der Waals surface area contributed by atoms with Crippen LogP contribution in [0, 0.1) is 0 Å². The van der Waals surface area contributed by atoms with Gasteiger partial charge in [0.1, 0.15) is 6.04 Å². The molecule has 0 fully saturated rings. The number of fused-ring (bicyclic) bond motifs is 1. The molecular weight excluding hydrogens is 244 g/mol. The number of carbonyl (C=O) groups excluding carboxylic acids is 1. The summed E-state index contributed by atoms with van der Waals surface area (Å²) in [7, 11) is 1.95. The molecule has 0 spiro atoms. The minimum absolute atomic E-state index is 0.332. The number of imidazole rings is 1. The number of amides is 1. The number of aromatic nitrogens is 2. The minimum atomic E-state index is -0.849. The molecule has 0 radical (unpaired) electrons. The molecule has 1 unspecified atom stereocenters. The van der Waals surface area contributed by atoms with E-state index in [9.17, 15) is 4.79 Å². The number of aliphatic hydroxyl groups excluding tert-OH is 1. The molecule has 4 N–H and O–H groups in total. The zero-order valence-electron chi connectivity index (χ0n) is 10.8. The summed E-state index contributed by atoms with van der Waals surface area (Å²) in [4.78, 5) is 15.7. The summed E-state index contributed by atoms with van der Waals surface area (Å²) in [6.45, 7) is 0.149. The first-order valence-corrected chi connectivity index (χ1v) is 6.16. The fourth-order valence-electron chi connectivity index (χ4n) is 1.88. The van der Waals surface area contributed by atoms with E-state index in [1.54, 1.807) is 6.33 Å². The number of nitrogens with zero attached hydrogens (tertiary/aromatic N) is 2. The van der Waals surface area contributed by atoms with E-state index in [-0.39, 0.29) is 12.5 Å². The predicted octanol–water partition coefficient (Wildman–Crippen LogP) is -0.448. The van der Waals surface area contributed by atoms with Gasteiger partial charge in [0.15, 0.2) is 0 Å². The summed E-state index contributed by atoms with van der Waals surface area (Å²) in [5.41, 5.74) is 8.52. The molecule has 0 aliphatic carbocycles. The molecule has 1 aromatic heterocycles. The highest BCUT2D eigenvalue weighted by Gasteiger charge is 2.10. The van der Waals surface area contributed by atoms with Crippen LogP contribution in [0.3, 0.4) is 0 Å². The van der Waals surface area contributed by atoms with Crippen molar-refractivity contribution < 1.29 is 9.90 Å². The average Bonchev–Trinajstić information content (AvgIpc) is 2.79. The van der Waals surface area contributed by atoms with Gasteiger partial charge >= 0.3 is 0 Å². The molecule has 2 rings (SSSR count). The monoisotopic (exact) mass is 262 g/mol. The van der Waals surface area contributed by atoms with E-state index in [4.69, 9.17) is 10.8 Å². The van der Waals surface area contributed by atoms with Gasteiger partial charge in [-0.25, -0.2) is 4.98 Å². The van der Waals surface area contributed by atoms with Crippen LogP contribution in [0.25, 0.3) is 11.0 Å². The van der Waals surface area contributed by atoms with Crippen LogP contribution in [0.2, 0.25) is 0 Å². The number of aliphatic hydroxyl groups is 1. The molecule has 1 amide bonds. The molecule has 1 heterocycles. The van der Waals surface area contributed by atoms with Crippen LogP contribution >= 0.6 is 0 Å². The lowest BCUT2D eigenvalue weighted by atomic mass is 10.1. The summed E-state index contributed by atoms with van der Waals surface area (Å²) in [5, 5.41) is 11.4. The number of nitrogens with two attached hydrogens (primary N) is 1. The number of nitrogens with one attached hydrogen (secondary N) is 1. The van der Waals surface area contributed by atoms with E-state index in [1.165, 1.54) is 0 Å². The van der Waals surface area contributed by atoms with E-state index in [0.717, 1.165) is 16.6 Å². The molecule has 0 saturated heterocycles. The van der Waals surface area contributed by atoms with Crippen LogP contribution in [0.15, 0.2) is 24.5 Å². The number of benzene rings is 1. The number of hydrogen-bond acceptors (Lipinski definition) is 4. The lowest BCUT2D eigenvalue weighted by Crippen LogP contribution is -2.43. The van der Waals surface area contributed by atoms with Crippen molar-refractivity contribution >= 4 is 16.9 Å². The quantitative estimate of drug-likeness (QED) is 0.680. The lowest BCUT2D eigenvalue weighted by molar-refractivity contribution is -0.123. The highest BCUT2D eigenvalue weighted by atomic mass is 16.3. The second-order valence-corrected chi connectivity index (χ2v) is 4.51. The maximum absolute atomic E-state index is 11.4. The Labute approximate surface area is 111 Å². The molecule has 1 atom stereocenters. The topological polar surface area (TPSA) is 93.2 Å². The van der Waals surface area contributed by atoms with E-state index in [0.29, 0.717) is 13.0 Å². The number of carbonyl (C=O) groups is 1. The number of aryl methyl sites for hydroxylation is 1. The number of rotatable bonds is 5. The highest BCUT2D eigenvalue weighted by Crippen LogP contribution is 2.13. The van der Waals surface area contributed by atoms with Gasteiger partial charge in [-0.15, -0.1) is 0 Å². The maximum Gasteiger partial charge on any atom is 0.239 e. The van der Waals surface area contributed by atoms with Gasteiger partial charge in [-0.2, -0.15) is 0 Å². The van der Waals surface area contributed by atoms with Gasteiger partial charge in [0, 0.05) is 13.6 Å². The van der Waals surface area contributed by atoms with Crippen molar-refractivity contribution in [2.75, 3.05) is 13.2 Å². The third-order valence-corrected chi connectivity index (χ3v) is 3.04. The van der Waals surface area contributed by atoms with Crippen molar-refractivity contribution in [2.45, 2.75) is 12.5 Å². The van der Waals surface area contributed by atoms with E-state index in [1.807, 2.05) is 29.8 Å². The Balaban J connectivity index is 1.93. The normalized spacial score (nSPS) is 12.6. The Morgan fingerprint density at radius 3 is 3.11 bits per heavy atom. The molecule has 6 nitrogen and oxygen atoms in total. The molecule has 102 valence electrons. The molecule has 6 heteroatoms. The summed E-state index contributed by atoms with van der Waals surface area (Å²) in [6.07, 6.45) is 2.48. The Hall–Kier alpha value is -1.92. The van der Waals surface area contributed by atoms with Crippen molar-refractivity contribution in [1.29, 1.82) is 0 Å². The van der Waals surface area contributed by atoms with Gasteiger partial charge < -0.3 is 20.7 Å². The SMILES string of the molecule is Cn1cnc2cc(CCNC(=O)C(N)CO)ccc21. The van der Waals surface area contributed by atoms with Crippen LogP contribution in [0.1, 0.15) is 5.56 Å². The Morgan fingerprint density at radius 2 is 2.37 bits per heavy atom. The van der Waals surface area contributed by atoms with Gasteiger partial charge in [-0.3, -0.25) is 4.79 Å². The second kappa shape index (κ2) is 5.81. The van der Waals surface area contributed by atoms with Gasteiger partial charge in [0.2, 0.25) is 5.91 Å². The maximum atomic E-state index is 11.4. The second-order valence-electron chi connectivity index (χ2n) is 4.51. The summed E-state index contributed by atoms with van der Waals surface area (Å²) in [6, 6.07) is 5.19. The first kappa shape index (κ1) is 13.5. The summed E-state index contributed by atoms with van der Waals surface area (Å²) < 4.78 is 1.96. The first-order chi connectivity index (χ1) is 9.11. The van der Waals surface area contributed by atoms with Crippen LogP contribution in [0.5, 0.6) is 0 Å². The average molecular weight is 262 g/mol. The smallest absolute Gasteiger partial charge is 0.239 e. The molecule has 0 aliphatic rings. The fraction of sp³-hybridized carbons (Fsp3) is 0.385. The Bertz CT molecular complexity index is 579. The molecule has 19 heavy (non-hydrogen) atoms. The van der Waals surface area contributed by atoms with Crippen LogP contribution < -0.4 is 11.1 Å². The van der Waals surface area contributed by atoms with Crippen LogP contribution in [0.4, 0.5) is 0 Å². The van der Waals surface area contributed by atoms with Crippen molar-refractivity contribution in [3.8, 4) is 0 Å². The molecule has 2 aromatic rings. The van der Waals surface area contributed by atoms with E-state index in [2.05, 4.69) is 10.3 Å². The van der Waals surface area contributed by atoms with Crippen LogP contribution in [-0.4, -0.2) is 39.8 Å². The largest absolute Gasteiger partial charge is 0.394 e. The summed E-state index contributed by atoms with van der Waals surface area (Å²) in [5.74, 6) is -0.332. The van der Waals surface area contributed by atoms with Gasteiger partial charge in [0.25, 0.3) is 0 Å². The molecule has 1 aromatic carbocycles. The van der Waals surface area contributed by atoms with Gasteiger partial charge in [-0.05, 0) is 24.1 Å². The van der Waals surface area contributed by atoms with Crippen molar-refractivity contribution in [2.24, 2.45) is 12.8 Å². The van der Waals surface area contributed by atoms with Gasteiger partial charge in [-0.1, -0.05) is 6.07 Å². The Kier molecular flexibility index (Phi) is 4.13. The highest BCUT2D eigenvalue weighted by molar-refractivity contribution is 5.81. The Morgan fingerprint density at radius 1 is 1.58 bits per heavy atom. The van der Waals surface area contributed by atoms with E-state index < -0.39 is 6.04 Å². The van der Waals surface area contributed by atoms with Crippen molar-refractivity contribution in [3.05, 3.63) is 30.1 Å². The van der Waals surface area contributed by atoms with Crippen LogP contribution in [-0.2, 0) is 18.3 Å². The van der Waals surface area contributed by atoms with Gasteiger partial charge in [0.05, 0.1) is 24.0 Å². The predicted molar refractivity (Wildman–Crippen MR) is 72.5 cm³/mol. The standard InChI is InChI=1S/C13H18N4O2/c1-17-8-16-11-6-9(2-3-12(11)17)4-5-15-13(19)10(14)7-18/h2-3,6,8,10,18H,4-5,7,14H2,1H3,(H,15,19). The van der Waals surface area contributed by atoms with Crippen molar-refractivity contribution in [3.63, 3.8) is 0 Å². The zero-order chi connectivity index (χ0) is 13.8. The lowest BCUT2D eigenvalue weighted by Gasteiger charge is -2.09. The minimum Gasteiger partial charge on any atom is -0.394 e. The molecule has 0 saturated carbocycles.